The minimum atomic E-state index is 0.492. The molecule has 1 saturated carbocycles. The quantitative estimate of drug-likeness (QED) is 0.817. The second-order valence-corrected chi connectivity index (χ2v) is 7.82. The molecular formula is C18H36N2. The fraction of sp³-hybridized carbons (Fsp3) is 1.00. The minimum absolute atomic E-state index is 0.492. The average Bonchev–Trinajstić information content (AvgIpc) is 2.42. The molecule has 118 valence electrons. The molecule has 1 heterocycles. The van der Waals surface area contributed by atoms with Crippen molar-refractivity contribution >= 4 is 0 Å². The largest absolute Gasteiger partial charge is 0.311 e. The summed E-state index contributed by atoms with van der Waals surface area (Å²) >= 11 is 0. The third kappa shape index (κ3) is 3.76. The van der Waals surface area contributed by atoms with Crippen molar-refractivity contribution in [2.24, 2.45) is 11.8 Å². The van der Waals surface area contributed by atoms with Crippen LogP contribution in [0.3, 0.4) is 0 Å². The van der Waals surface area contributed by atoms with E-state index >= 15 is 0 Å². The summed E-state index contributed by atoms with van der Waals surface area (Å²) in [6.07, 6.45) is 9.88. The lowest BCUT2D eigenvalue weighted by molar-refractivity contribution is -0.00764. The van der Waals surface area contributed by atoms with E-state index in [4.69, 9.17) is 0 Å². The van der Waals surface area contributed by atoms with E-state index in [1.54, 1.807) is 0 Å². The van der Waals surface area contributed by atoms with E-state index in [2.05, 4.69) is 37.9 Å². The molecule has 1 aliphatic carbocycles. The molecule has 20 heavy (non-hydrogen) atoms. The van der Waals surface area contributed by atoms with Gasteiger partial charge in [-0.1, -0.05) is 53.4 Å². The lowest BCUT2D eigenvalue weighted by atomic mass is 9.77. The summed E-state index contributed by atoms with van der Waals surface area (Å²) in [5.74, 6) is 1.60. The summed E-state index contributed by atoms with van der Waals surface area (Å²) in [4.78, 5) is 2.90. The van der Waals surface area contributed by atoms with E-state index in [9.17, 15) is 0 Å². The summed E-state index contributed by atoms with van der Waals surface area (Å²) in [5, 5.41) is 3.87. The molecule has 2 fully saturated rings. The van der Waals surface area contributed by atoms with Gasteiger partial charge in [0.25, 0.3) is 0 Å². The molecule has 2 aliphatic rings. The van der Waals surface area contributed by atoms with E-state index < -0.39 is 0 Å². The molecular weight excluding hydrogens is 244 g/mol. The first-order valence-electron chi connectivity index (χ1n) is 9.06. The molecule has 2 nitrogen and oxygen atoms in total. The van der Waals surface area contributed by atoms with Crippen LogP contribution in [0.1, 0.15) is 72.6 Å². The van der Waals surface area contributed by atoms with Crippen LogP contribution in [-0.2, 0) is 0 Å². The highest BCUT2D eigenvalue weighted by atomic mass is 15.3. The van der Waals surface area contributed by atoms with Crippen molar-refractivity contribution in [1.82, 2.24) is 10.2 Å². The van der Waals surface area contributed by atoms with Crippen LogP contribution in [0.2, 0.25) is 0 Å². The van der Waals surface area contributed by atoms with Crippen LogP contribution in [0.25, 0.3) is 0 Å². The van der Waals surface area contributed by atoms with Crippen LogP contribution in [0.4, 0.5) is 0 Å². The number of hydrogen-bond donors (Lipinski definition) is 1. The summed E-state index contributed by atoms with van der Waals surface area (Å²) in [7, 11) is 0. The predicted octanol–water partition coefficient (Wildman–Crippen LogP) is 4.06. The van der Waals surface area contributed by atoms with Gasteiger partial charge < -0.3 is 5.32 Å². The van der Waals surface area contributed by atoms with Crippen molar-refractivity contribution in [3.05, 3.63) is 0 Å². The Balaban J connectivity index is 2.05. The minimum Gasteiger partial charge on any atom is -0.311 e. The molecule has 2 unspecified atom stereocenters. The molecule has 0 amide bonds. The Kier molecular flexibility index (Phi) is 5.92. The molecule has 0 radical (unpaired) electrons. The van der Waals surface area contributed by atoms with Crippen molar-refractivity contribution in [2.75, 3.05) is 19.6 Å². The van der Waals surface area contributed by atoms with Crippen molar-refractivity contribution in [3.8, 4) is 0 Å². The second-order valence-electron chi connectivity index (χ2n) is 7.82. The van der Waals surface area contributed by atoms with Crippen LogP contribution in [-0.4, -0.2) is 36.1 Å². The maximum atomic E-state index is 3.87. The van der Waals surface area contributed by atoms with Crippen LogP contribution in [0, 0.1) is 11.8 Å². The molecule has 2 heteroatoms. The highest BCUT2D eigenvalue weighted by Crippen LogP contribution is 2.36. The zero-order valence-corrected chi connectivity index (χ0v) is 14.3. The van der Waals surface area contributed by atoms with Crippen molar-refractivity contribution in [3.63, 3.8) is 0 Å². The van der Waals surface area contributed by atoms with Gasteiger partial charge in [0.1, 0.15) is 0 Å². The molecule has 2 atom stereocenters. The van der Waals surface area contributed by atoms with Crippen LogP contribution in [0.5, 0.6) is 0 Å². The van der Waals surface area contributed by atoms with E-state index in [0.717, 1.165) is 11.8 Å². The Hall–Kier alpha value is -0.0800. The Labute approximate surface area is 126 Å². The number of nitrogens with zero attached hydrogens (tertiary/aromatic N) is 1. The highest BCUT2D eigenvalue weighted by molar-refractivity contribution is 5.01. The summed E-state index contributed by atoms with van der Waals surface area (Å²) in [6.45, 7) is 13.3. The average molecular weight is 281 g/mol. The van der Waals surface area contributed by atoms with Gasteiger partial charge in [-0.3, -0.25) is 4.90 Å². The van der Waals surface area contributed by atoms with Crippen molar-refractivity contribution in [2.45, 2.75) is 84.2 Å². The van der Waals surface area contributed by atoms with Crippen LogP contribution < -0.4 is 5.32 Å². The lowest BCUT2D eigenvalue weighted by Crippen LogP contribution is -2.66. The maximum Gasteiger partial charge on any atom is 0.0334 e. The van der Waals surface area contributed by atoms with Gasteiger partial charge in [0.15, 0.2) is 0 Å². The maximum absolute atomic E-state index is 3.87. The molecule has 0 aromatic rings. The van der Waals surface area contributed by atoms with Gasteiger partial charge in [-0.25, -0.2) is 0 Å². The van der Waals surface area contributed by atoms with E-state index in [1.807, 2.05) is 0 Å². The van der Waals surface area contributed by atoms with Crippen LogP contribution in [0.15, 0.2) is 0 Å². The number of nitrogens with one attached hydrogen (secondary N) is 1. The topological polar surface area (TPSA) is 15.3 Å². The smallest absolute Gasteiger partial charge is 0.0334 e. The van der Waals surface area contributed by atoms with Crippen molar-refractivity contribution in [1.29, 1.82) is 0 Å². The monoisotopic (exact) mass is 280 g/mol. The third-order valence-electron chi connectivity index (χ3n) is 5.68. The van der Waals surface area contributed by atoms with E-state index in [1.165, 1.54) is 64.6 Å². The molecule has 1 saturated heterocycles. The Morgan fingerprint density at radius 3 is 2.45 bits per heavy atom. The fourth-order valence-corrected chi connectivity index (χ4v) is 4.31. The third-order valence-corrected chi connectivity index (χ3v) is 5.68. The van der Waals surface area contributed by atoms with E-state index in [-0.39, 0.29) is 0 Å². The molecule has 0 aromatic carbocycles. The summed E-state index contributed by atoms with van der Waals surface area (Å²) in [6, 6.07) is 0.691. The fourth-order valence-electron chi connectivity index (χ4n) is 4.31. The molecule has 1 aliphatic heterocycles. The van der Waals surface area contributed by atoms with Crippen molar-refractivity contribution < 1.29 is 0 Å². The lowest BCUT2D eigenvalue weighted by Gasteiger charge is -2.53. The molecule has 2 rings (SSSR count). The molecule has 0 bridgehead atoms. The number of piperazine rings is 1. The van der Waals surface area contributed by atoms with Gasteiger partial charge >= 0.3 is 0 Å². The molecule has 0 aromatic heterocycles. The standard InChI is InChI=1S/C18H36N2/c1-5-9-16(4)12-20-13-17(15(2)3)19-14-18(20)10-7-6-8-11-18/h15-17,19H,5-14H2,1-4H3. The van der Waals surface area contributed by atoms with Gasteiger partial charge in [-0.2, -0.15) is 0 Å². The Bertz CT molecular complexity index is 281. The van der Waals surface area contributed by atoms with Gasteiger partial charge in [0.2, 0.25) is 0 Å². The second kappa shape index (κ2) is 7.26. The van der Waals surface area contributed by atoms with Gasteiger partial charge in [0.05, 0.1) is 0 Å². The van der Waals surface area contributed by atoms with Crippen LogP contribution >= 0.6 is 0 Å². The number of rotatable bonds is 5. The molecule has 1 spiro atoms. The molecule has 1 N–H and O–H groups in total. The zero-order valence-electron chi connectivity index (χ0n) is 14.3. The first-order valence-corrected chi connectivity index (χ1v) is 9.06. The Morgan fingerprint density at radius 2 is 1.85 bits per heavy atom. The van der Waals surface area contributed by atoms with Gasteiger partial charge in [-0.05, 0) is 31.1 Å². The summed E-state index contributed by atoms with van der Waals surface area (Å²) < 4.78 is 0. The van der Waals surface area contributed by atoms with Gasteiger partial charge in [-0.15, -0.1) is 0 Å². The van der Waals surface area contributed by atoms with E-state index in [0.29, 0.717) is 11.6 Å². The summed E-state index contributed by atoms with van der Waals surface area (Å²) in [5.41, 5.74) is 0.492. The first kappa shape index (κ1) is 16.3. The predicted molar refractivity (Wildman–Crippen MR) is 88.1 cm³/mol. The number of hydrogen-bond acceptors (Lipinski definition) is 2. The zero-order chi connectivity index (χ0) is 14.6. The Morgan fingerprint density at radius 1 is 1.15 bits per heavy atom. The van der Waals surface area contributed by atoms with Gasteiger partial charge in [0, 0.05) is 31.2 Å². The highest BCUT2D eigenvalue weighted by Gasteiger charge is 2.42. The SMILES string of the molecule is CCCC(C)CN1CC(C(C)C)NCC12CCCCC2. The first-order chi connectivity index (χ1) is 9.57. The normalized spacial score (nSPS) is 28.9.